The third-order valence-corrected chi connectivity index (χ3v) is 3.72. The summed E-state index contributed by atoms with van der Waals surface area (Å²) in [5.41, 5.74) is 0. The molecule has 0 aliphatic carbocycles. The SMILES string of the molecule is CCC1CN(C(=O)CCCNC(C)C)CCN1C. The van der Waals surface area contributed by atoms with E-state index in [1.54, 1.807) is 0 Å². The Bertz CT molecular complexity index is 255. The quantitative estimate of drug-likeness (QED) is 0.727. The first-order chi connectivity index (χ1) is 8.54. The highest BCUT2D eigenvalue weighted by atomic mass is 16.2. The molecule has 0 aromatic carbocycles. The number of likely N-dealkylation sites (N-methyl/N-ethyl adjacent to an activating group) is 1. The van der Waals surface area contributed by atoms with Crippen molar-refractivity contribution >= 4 is 5.91 Å². The molecule has 1 aliphatic heterocycles. The van der Waals surface area contributed by atoms with Crippen molar-refractivity contribution < 1.29 is 4.79 Å². The molecule has 1 unspecified atom stereocenters. The summed E-state index contributed by atoms with van der Waals surface area (Å²) < 4.78 is 0. The van der Waals surface area contributed by atoms with Gasteiger partial charge in [0.2, 0.25) is 5.91 Å². The van der Waals surface area contributed by atoms with Gasteiger partial charge in [0.25, 0.3) is 0 Å². The van der Waals surface area contributed by atoms with Gasteiger partial charge in [0.05, 0.1) is 0 Å². The minimum Gasteiger partial charge on any atom is -0.340 e. The Kier molecular flexibility index (Phi) is 6.65. The smallest absolute Gasteiger partial charge is 0.222 e. The lowest BCUT2D eigenvalue weighted by Gasteiger charge is -2.39. The monoisotopic (exact) mass is 255 g/mol. The van der Waals surface area contributed by atoms with Crippen LogP contribution in [-0.4, -0.2) is 61.0 Å². The topological polar surface area (TPSA) is 35.6 Å². The predicted octanol–water partition coefficient (Wildman–Crippen LogP) is 1.32. The van der Waals surface area contributed by atoms with Crippen LogP contribution in [0.4, 0.5) is 0 Å². The molecule has 18 heavy (non-hydrogen) atoms. The van der Waals surface area contributed by atoms with Crippen molar-refractivity contribution in [3.8, 4) is 0 Å². The molecule has 0 spiro atoms. The fraction of sp³-hybridized carbons (Fsp3) is 0.929. The lowest BCUT2D eigenvalue weighted by molar-refractivity contribution is -0.134. The van der Waals surface area contributed by atoms with E-state index in [0.29, 0.717) is 24.4 Å². The Labute approximate surface area is 112 Å². The summed E-state index contributed by atoms with van der Waals surface area (Å²) in [5, 5.41) is 3.35. The zero-order valence-corrected chi connectivity index (χ0v) is 12.4. The molecule has 0 saturated carbocycles. The Hall–Kier alpha value is -0.610. The third kappa shape index (κ3) is 4.94. The third-order valence-electron chi connectivity index (χ3n) is 3.72. The molecule has 4 heteroatoms. The molecule has 0 radical (unpaired) electrons. The molecule has 0 aromatic rings. The zero-order chi connectivity index (χ0) is 13.5. The fourth-order valence-corrected chi connectivity index (χ4v) is 2.40. The lowest BCUT2D eigenvalue weighted by atomic mass is 10.1. The molecule has 1 N–H and O–H groups in total. The number of hydrogen-bond acceptors (Lipinski definition) is 3. The van der Waals surface area contributed by atoms with E-state index in [1.807, 2.05) is 4.90 Å². The van der Waals surface area contributed by atoms with E-state index in [2.05, 4.69) is 38.0 Å². The number of hydrogen-bond donors (Lipinski definition) is 1. The number of rotatable bonds is 6. The van der Waals surface area contributed by atoms with Crippen LogP contribution in [0.3, 0.4) is 0 Å². The number of nitrogens with zero attached hydrogens (tertiary/aromatic N) is 2. The van der Waals surface area contributed by atoms with Crippen molar-refractivity contribution in [3.63, 3.8) is 0 Å². The zero-order valence-electron chi connectivity index (χ0n) is 12.4. The summed E-state index contributed by atoms with van der Waals surface area (Å²) in [5.74, 6) is 0.326. The highest BCUT2D eigenvalue weighted by molar-refractivity contribution is 5.76. The van der Waals surface area contributed by atoms with Crippen molar-refractivity contribution in [2.24, 2.45) is 0 Å². The van der Waals surface area contributed by atoms with Gasteiger partial charge in [-0.15, -0.1) is 0 Å². The van der Waals surface area contributed by atoms with E-state index < -0.39 is 0 Å². The average molecular weight is 255 g/mol. The van der Waals surface area contributed by atoms with Crippen molar-refractivity contribution in [2.45, 2.75) is 52.1 Å². The van der Waals surface area contributed by atoms with Gasteiger partial charge in [-0.2, -0.15) is 0 Å². The van der Waals surface area contributed by atoms with Crippen LogP contribution >= 0.6 is 0 Å². The van der Waals surface area contributed by atoms with Crippen LogP contribution in [0.5, 0.6) is 0 Å². The molecule has 4 nitrogen and oxygen atoms in total. The van der Waals surface area contributed by atoms with E-state index >= 15 is 0 Å². The highest BCUT2D eigenvalue weighted by Crippen LogP contribution is 2.12. The van der Waals surface area contributed by atoms with Gasteiger partial charge in [0.1, 0.15) is 0 Å². The van der Waals surface area contributed by atoms with E-state index in [4.69, 9.17) is 0 Å². The second kappa shape index (κ2) is 7.74. The standard InChI is InChI=1S/C14H29N3O/c1-5-13-11-17(10-9-16(13)4)14(18)7-6-8-15-12(2)3/h12-13,15H,5-11H2,1-4H3. The average Bonchev–Trinajstić information content (AvgIpc) is 2.34. The molecule has 1 heterocycles. The predicted molar refractivity (Wildman–Crippen MR) is 75.7 cm³/mol. The molecule has 106 valence electrons. The Morgan fingerprint density at radius 3 is 2.72 bits per heavy atom. The summed E-state index contributed by atoms with van der Waals surface area (Å²) >= 11 is 0. The second-order valence-electron chi connectivity index (χ2n) is 5.59. The number of amides is 1. The molecule has 1 atom stereocenters. The molecule has 1 saturated heterocycles. The molecule has 1 fully saturated rings. The van der Waals surface area contributed by atoms with Crippen molar-refractivity contribution in [1.82, 2.24) is 15.1 Å². The van der Waals surface area contributed by atoms with Crippen LogP contribution in [0.25, 0.3) is 0 Å². The Morgan fingerprint density at radius 1 is 1.39 bits per heavy atom. The maximum atomic E-state index is 12.1. The molecule has 1 aliphatic rings. The first-order valence-electron chi connectivity index (χ1n) is 7.26. The summed E-state index contributed by atoms with van der Waals surface area (Å²) in [7, 11) is 2.16. The maximum absolute atomic E-state index is 12.1. The van der Waals surface area contributed by atoms with Crippen LogP contribution < -0.4 is 5.32 Å². The highest BCUT2D eigenvalue weighted by Gasteiger charge is 2.25. The first kappa shape index (κ1) is 15.4. The van der Waals surface area contributed by atoms with Gasteiger partial charge < -0.3 is 10.2 Å². The van der Waals surface area contributed by atoms with Crippen molar-refractivity contribution in [1.29, 1.82) is 0 Å². The number of piperazine rings is 1. The van der Waals surface area contributed by atoms with Crippen LogP contribution in [0.1, 0.15) is 40.0 Å². The largest absolute Gasteiger partial charge is 0.340 e. The molecule has 1 rings (SSSR count). The van der Waals surface area contributed by atoms with Crippen LogP contribution in [0, 0.1) is 0 Å². The summed E-state index contributed by atoms with van der Waals surface area (Å²) in [6, 6.07) is 1.05. The minimum atomic E-state index is 0.326. The van der Waals surface area contributed by atoms with Crippen LogP contribution in [0.15, 0.2) is 0 Å². The van der Waals surface area contributed by atoms with Gasteiger partial charge in [-0.1, -0.05) is 20.8 Å². The molecule has 1 amide bonds. The van der Waals surface area contributed by atoms with Gasteiger partial charge in [0.15, 0.2) is 0 Å². The van der Waals surface area contributed by atoms with Gasteiger partial charge in [-0.25, -0.2) is 0 Å². The maximum Gasteiger partial charge on any atom is 0.222 e. The van der Waals surface area contributed by atoms with Gasteiger partial charge in [-0.05, 0) is 26.4 Å². The molecular weight excluding hydrogens is 226 g/mol. The lowest BCUT2D eigenvalue weighted by Crippen LogP contribution is -2.53. The molecule has 0 bridgehead atoms. The molecular formula is C14H29N3O. The van der Waals surface area contributed by atoms with Crippen LogP contribution in [-0.2, 0) is 4.79 Å². The number of nitrogens with one attached hydrogen (secondary N) is 1. The van der Waals surface area contributed by atoms with Gasteiger partial charge in [-0.3, -0.25) is 9.69 Å². The number of carbonyl (C=O) groups is 1. The second-order valence-corrected chi connectivity index (χ2v) is 5.59. The Balaban J connectivity index is 2.25. The summed E-state index contributed by atoms with van der Waals surface area (Å²) in [6.07, 6.45) is 2.75. The minimum absolute atomic E-state index is 0.326. The first-order valence-corrected chi connectivity index (χ1v) is 7.26. The normalized spacial score (nSPS) is 21.6. The van der Waals surface area contributed by atoms with Crippen LogP contribution in [0.2, 0.25) is 0 Å². The van der Waals surface area contributed by atoms with E-state index in [1.165, 1.54) is 0 Å². The fourth-order valence-electron chi connectivity index (χ4n) is 2.40. The van der Waals surface area contributed by atoms with E-state index in [-0.39, 0.29) is 0 Å². The van der Waals surface area contributed by atoms with Crippen molar-refractivity contribution in [2.75, 3.05) is 33.2 Å². The summed E-state index contributed by atoms with van der Waals surface area (Å²) in [6.45, 7) is 10.2. The van der Waals surface area contributed by atoms with Crippen molar-refractivity contribution in [3.05, 3.63) is 0 Å². The van der Waals surface area contributed by atoms with E-state index in [0.717, 1.165) is 39.0 Å². The summed E-state index contributed by atoms with van der Waals surface area (Å²) in [4.78, 5) is 16.5. The molecule has 0 aromatic heterocycles. The van der Waals surface area contributed by atoms with Gasteiger partial charge >= 0.3 is 0 Å². The van der Waals surface area contributed by atoms with Gasteiger partial charge in [0, 0.05) is 38.1 Å². The number of carbonyl (C=O) groups excluding carboxylic acids is 1. The Morgan fingerprint density at radius 2 is 2.11 bits per heavy atom. The van der Waals surface area contributed by atoms with E-state index in [9.17, 15) is 4.79 Å².